The number of carbonyl (C=O) groups excluding carboxylic acids is 1. The van der Waals surface area contributed by atoms with Crippen LogP contribution in [-0.4, -0.2) is 32.2 Å². The second kappa shape index (κ2) is 6.55. The van der Waals surface area contributed by atoms with Crippen LogP contribution >= 0.6 is 0 Å². The molecule has 0 saturated carbocycles. The summed E-state index contributed by atoms with van der Waals surface area (Å²) in [5.74, 6) is -0.0569. The first-order valence-electron chi connectivity index (χ1n) is 6.79. The van der Waals surface area contributed by atoms with Crippen LogP contribution in [0.3, 0.4) is 0 Å². The van der Waals surface area contributed by atoms with Gasteiger partial charge in [-0.15, -0.1) is 0 Å². The van der Waals surface area contributed by atoms with Crippen molar-refractivity contribution in [3.63, 3.8) is 0 Å². The predicted molar refractivity (Wildman–Crippen MR) is 70.5 cm³/mol. The normalized spacial score (nSPS) is 23.6. The summed E-state index contributed by atoms with van der Waals surface area (Å²) < 4.78 is 5.52. The standard InChI is InChI=1S/C15H21NO2/c1-16-11-5-8-14(12-16)18-15(17)10-9-13-6-3-2-4-7-13/h2-4,6-7,14H,5,8-12H2,1H3/p+1/t14-/m1/s1. The average molecular weight is 248 g/mol. The molecule has 1 N–H and O–H groups in total. The maximum atomic E-state index is 11.8. The summed E-state index contributed by atoms with van der Waals surface area (Å²) in [6, 6.07) is 10.1. The van der Waals surface area contributed by atoms with E-state index in [1.807, 2.05) is 30.3 Å². The van der Waals surface area contributed by atoms with Crippen LogP contribution in [0.5, 0.6) is 0 Å². The van der Waals surface area contributed by atoms with E-state index in [4.69, 9.17) is 4.74 Å². The number of hydrogen-bond donors (Lipinski definition) is 1. The van der Waals surface area contributed by atoms with Crippen LogP contribution in [0.15, 0.2) is 30.3 Å². The van der Waals surface area contributed by atoms with Crippen molar-refractivity contribution < 1.29 is 14.4 Å². The second-order valence-electron chi connectivity index (χ2n) is 5.15. The Kier molecular flexibility index (Phi) is 4.76. The van der Waals surface area contributed by atoms with Crippen LogP contribution in [0.25, 0.3) is 0 Å². The van der Waals surface area contributed by atoms with Gasteiger partial charge in [0.1, 0.15) is 6.54 Å². The maximum Gasteiger partial charge on any atom is 0.306 e. The highest BCUT2D eigenvalue weighted by atomic mass is 16.5. The molecular formula is C15H22NO2+. The summed E-state index contributed by atoms with van der Waals surface area (Å²) in [6.45, 7) is 2.15. The van der Waals surface area contributed by atoms with Crippen molar-refractivity contribution in [2.45, 2.75) is 31.8 Å². The van der Waals surface area contributed by atoms with Crippen LogP contribution in [0, 0.1) is 0 Å². The number of benzene rings is 1. The monoisotopic (exact) mass is 248 g/mol. The Morgan fingerprint density at radius 2 is 2.17 bits per heavy atom. The van der Waals surface area contributed by atoms with Gasteiger partial charge < -0.3 is 9.64 Å². The third kappa shape index (κ3) is 4.15. The lowest BCUT2D eigenvalue weighted by atomic mass is 10.1. The number of hydrogen-bond acceptors (Lipinski definition) is 2. The molecule has 3 nitrogen and oxygen atoms in total. The second-order valence-corrected chi connectivity index (χ2v) is 5.15. The first-order valence-corrected chi connectivity index (χ1v) is 6.79. The lowest BCUT2D eigenvalue weighted by molar-refractivity contribution is -0.888. The number of esters is 1. The maximum absolute atomic E-state index is 11.8. The molecule has 2 atom stereocenters. The van der Waals surface area contributed by atoms with Crippen molar-refractivity contribution in [2.75, 3.05) is 20.1 Å². The molecule has 1 aromatic carbocycles. The number of quaternary nitrogens is 1. The molecule has 18 heavy (non-hydrogen) atoms. The average Bonchev–Trinajstić information content (AvgIpc) is 2.38. The Balaban J connectivity index is 1.72. The van der Waals surface area contributed by atoms with Gasteiger partial charge in [0.05, 0.1) is 13.6 Å². The molecule has 1 aliphatic heterocycles. The van der Waals surface area contributed by atoms with Crippen molar-refractivity contribution in [2.24, 2.45) is 0 Å². The summed E-state index contributed by atoms with van der Waals surface area (Å²) in [7, 11) is 2.16. The van der Waals surface area contributed by atoms with Crippen molar-refractivity contribution in [1.82, 2.24) is 0 Å². The molecule has 0 aromatic heterocycles. The highest BCUT2D eigenvalue weighted by molar-refractivity contribution is 5.69. The van der Waals surface area contributed by atoms with E-state index in [-0.39, 0.29) is 12.1 Å². The van der Waals surface area contributed by atoms with E-state index in [2.05, 4.69) is 7.05 Å². The zero-order valence-corrected chi connectivity index (χ0v) is 11.0. The van der Waals surface area contributed by atoms with Crippen LogP contribution < -0.4 is 4.90 Å². The van der Waals surface area contributed by atoms with Gasteiger partial charge >= 0.3 is 5.97 Å². The molecule has 0 spiro atoms. The van der Waals surface area contributed by atoms with E-state index in [1.165, 1.54) is 17.0 Å². The van der Waals surface area contributed by atoms with Crippen molar-refractivity contribution >= 4 is 5.97 Å². The smallest absolute Gasteiger partial charge is 0.306 e. The molecule has 2 rings (SSSR count). The fourth-order valence-electron chi connectivity index (χ4n) is 2.46. The molecule has 0 bridgehead atoms. The van der Waals surface area contributed by atoms with Crippen LogP contribution in [-0.2, 0) is 16.0 Å². The Hall–Kier alpha value is -1.35. The summed E-state index contributed by atoms with van der Waals surface area (Å²) in [5, 5.41) is 0. The fraction of sp³-hybridized carbons (Fsp3) is 0.533. The summed E-state index contributed by atoms with van der Waals surface area (Å²) in [6.07, 6.45) is 3.56. The number of carbonyl (C=O) groups is 1. The Morgan fingerprint density at radius 1 is 1.39 bits per heavy atom. The molecule has 1 saturated heterocycles. The van der Waals surface area contributed by atoms with Gasteiger partial charge in [0.15, 0.2) is 6.10 Å². The third-order valence-corrected chi connectivity index (χ3v) is 3.46. The van der Waals surface area contributed by atoms with E-state index in [1.54, 1.807) is 0 Å². The molecule has 0 aliphatic carbocycles. The van der Waals surface area contributed by atoms with Gasteiger partial charge in [-0.1, -0.05) is 30.3 Å². The van der Waals surface area contributed by atoms with Crippen LogP contribution in [0.4, 0.5) is 0 Å². The molecular weight excluding hydrogens is 226 g/mol. The summed E-state index contributed by atoms with van der Waals surface area (Å²) in [4.78, 5) is 13.2. The fourth-order valence-corrected chi connectivity index (χ4v) is 2.46. The number of piperidine rings is 1. The number of nitrogens with one attached hydrogen (secondary N) is 1. The molecule has 0 radical (unpaired) electrons. The SMILES string of the molecule is C[NH+]1CCC[C@@H](OC(=O)CCc2ccccc2)C1. The summed E-state index contributed by atoms with van der Waals surface area (Å²) in [5.41, 5.74) is 1.20. The molecule has 1 aromatic rings. The Morgan fingerprint density at radius 3 is 2.89 bits per heavy atom. The Labute approximate surface area is 109 Å². The lowest BCUT2D eigenvalue weighted by Crippen LogP contribution is -3.11. The minimum absolute atomic E-state index is 0.0569. The van der Waals surface area contributed by atoms with Gasteiger partial charge in [-0.25, -0.2) is 0 Å². The summed E-state index contributed by atoms with van der Waals surface area (Å²) >= 11 is 0. The number of aryl methyl sites for hydroxylation is 1. The van der Waals surface area contributed by atoms with E-state index in [9.17, 15) is 4.79 Å². The van der Waals surface area contributed by atoms with E-state index < -0.39 is 0 Å². The van der Waals surface area contributed by atoms with Crippen molar-refractivity contribution in [1.29, 1.82) is 0 Å². The lowest BCUT2D eigenvalue weighted by Gasteiger charge is -2.26. The number of rotatable bonds is 4. The van der Waals surface area contributed by atoms with Crippen LogP contribution in [0.2, 0.25) is 0 Å². The van der Waals surface area contributed by atoms with E-state index in [0.717, 1.165) is 25.8 Å². The first kappa shape index (κ1) is 13.1. The Bertz CT molecular complexity index is 377. The van der Waals surface area contributed by atoms with Gasteiger partial charge in [-0.3, -0.25) is 4.79 Å². The number of likely N-dealkylation sites (N-methyl/N-ethyl adjacent to an activating group) is 1. The van der Waals surface area contributed by atoms with E-state index in [0.29, 0.717) is 6.42 Å². The molecule has 1 unspecified atom stereocenters. The molecule has 0 amide bonds. The van der Waals surface area contributed by atoms with Gasteiger partial charge in [0.2, 0.25) is 0 Å². The number of ether oxygens (including phenoxy) is 1. The first-order chi connectivity index (χ1) is 8.74. The minimum Gasteiger partial charge on any atom is -0.456 e. The van der Waals surface area contributed by atoms with Gasteiger partial charge in [0.25, 0.3) is 0 Å². The third-order valence-electron chi connectivity index (χ3n) is 3.46. The van der Waals surface area contributed by atoms with Gasteiger partial charge in [-0.05, 0) is 18.4 Å². The predicted octanol–water partition coefficient (Wildman–Crippen LogP) is 0.840. The molecule has 98 valence electrons. The van der Waals surface area contributed by atoms with Gasteiger partial charge in [0, 0.05) is 12.8 Å². The van der Waals surface area contributed by atoms with Crippen LogP contribution in [0.1, 0.15) is 24.8 Å². The van der Waals surface area contributed by atoms with Crippen molar-refractivity contribution in [3.05, 3.63) is 35.9 Å². The van der Waals surface area contributed by atoms with Crippen molar-refractivity contribution in [3.8, 4) is 0 Å². The zero-order chi connectivity index (χ0) is 12.8. The molecule has 3 heteroatoms. The molecule has 1 fully saturated rings. The zero-order valence-electron chi connectivity index (χ0n) is 11.0. The minimum atomic E-state index is -0.0569. The highest BCUT2D eigenvalue weighted by Crippen LogP contribution is 2.07. The van der Waals surface area contributed by atoms with E-state index >= 15 is 0 Å². The largest absolute Gasteiger partial charge is 0.456 e. The number of likely N-dealkylation sites (tertiary alicyclic amines) is 1. The molecule has 1 heterocycles. The van der Waals surface area contributed by atoms with Gasteiger partial charge in [-0.2, -0.15) is 0 Å². The quantitative estimate of drug-likeness (QED) is 0.801. The molecule has 1 aliphatic rings. The topological polar surface area (TPSA) is 30.7 Å². The highest BCUT2D eigenvalue weighted by Gasteiger charge is 2.23.